The van der Waals surface area contributed by atoms with Crippen molar-refractivity contribution in [3.05, 3.63) is 59.5 Å². The maximum absolute atomic E-state index is 9.44. The maximum Gasteiger partial charge on any atom is 0.189 e. The first-order valence-electron chi connectivity index (χ1n) is 8.88. The van der Waals surface area contributed by atoms with Gasteiger partial charge in [-0.2, -0.15) is 0 Å². The molecule has 0 amide bonds. The Bertz CT molecular complexity index is 1080. The molecule has 0 saturated heterocycles. The van der Waals surface area contributed by atoms with Crippen LogP contribution in [-0.2, 0) is 0 Å². The number of hydrogen-bond acceptors (Lipinski definition) is 7. The van der Waals surface area contributed by atoms with E-state index in [1.165, 1.54) is 28.2 Å². The number of nitrogens with one attached hydrogen (secondary N) is 1. The molecule has 0 unspecified atom stereocenters. The van der Waals surface area contributed by atoms with Crippen molar-refractivity contribution in [1.29, 1.82) is 0 Å². The molecule has 4 rings (SSSR count). The molecule has 28 heavy (non-hydrogen) atoms. The van der Waals surface area contributed by atoms with Gasteiger partial charge in [0.1, 0.15) is 21.5 Å². The average Bonchev–Trinajstić information content (AvgIpc) is 3.29. The van der Waals surface area contributed by atoms with E-state index in [-0.39, 0.29) is 5.75 Å². The van der Waals surface area contributed by atoms with E-state index < -0.39 is 0 Å². The van der Waals surface area contributed by atoms with Crippen molar-refractivity contribution < 1.29 is 5.11 Å². The van der Waals surface area contributed by atoms with Crippen LogP contribution in [0.4, 0.5) is 16.6 Å². The highest BCUT2D eigenvalue weighted by Gasteiger charge is 2.15. The van der Waals surface area contributed by atoms with Crippen molar-refractivity contribution in [1.82, 2.24) is 9.97 Å². The third-order valence-electron chi connectivity index (χ3n) is 4.34. The third-order valence-corrected chi connectivity index (χ3v) is 6.33. The Kier molecular flexibility index (Phi) is 5.02. The molecule has 0 saturated carbocycles. The molecule has 0 atom stereocenters. The zero-order chi connectivity index (χ0) is 19.7. The van der Waals surface area contributed by atoms with Crippen molar-refractivity contribution >= 4 is 39.3 Å². The number of aromatic hydroxyl groups is 1. The lowest BCUT2D eigenvalue weighted by atomic mass is 10.0. The summed E-state index contributed by atoms with van der Waals surface area (Å²) in [5, 5.41) is 16.3. The Morgan fingerprint density at radius 1 is 1.00 bits per heavy atom. The van der Waals surface area contributed by atoms with Crippen molar-refractivity contribution in [3.8, 4) is 26.9 Å². The van der Waals surface area contributed by atoms with E-state index in [1.807, 2.05) is 17.5 Å². The van der Waals surface area contributed by atoms with Gasteiger partial charge in [0.05, 0.1) is 5.69 Å². The van der Waals surface area contributed by atoms with Gasteiger partial charge in [-0.25, -0.2) is 9.97 Å². The fourth-order valence-electron chi connectivity index (χ4n) is 2.76. The summed E-state index contributed by atoms with van der Waals surface area (Å²) in [6.45, 7) is 4.35. The number of aromatic nitrogens is 2. The van der Waals surface area contributed by atoms with Crippen LogP contribution < -0.4 is 11.1 Å². The van der Waals surface area contributed by atoms with Crippen LogP contribution in [0.3, 0.4) is 0 Å². The van der Waals surface area contributed by atoms with Crippen LogP contribution in [0, 0.1) is 0 Å². The molecule has 142 valence electrons. The van der Waals surface area contributed by atoms with E-state index in [0.29, 0.717) is 11.7 Å². The standard InChI is InChI=1S/C21H20N4OS2/c1-12(2)13-3-7-15(8-4-13)23-21-25-19(22)18(28-21)20-24-17(11-27-20)14-5-9-16(26)10-6-14/h3-12,26H,22H2,1-2H3,(H,23,25). The number of nitrogen functional groups attached to an aromatic ring is 1. The number of anilines is 3. The largest absolute Gasteiger partial charge is 0.508 e. The predicted octanol–water partition coefficient (Wildman–Crippen LogP) is 6.09. The molecule has 0 radical (unpaired) electrons. The second kappa shape index (κ2) is 7.61. The number of rotatable bonds is 5. The summed E-state index contributed by atoms with van der Waals surface area (Å²) >= 11 is 3.02. The molecular formula is C21H20N4OS2. The molecule has 7 heteroatoms. The van der Waals surface area contributed by atoms with Crippen LogP contribution in [-0.4, -0.2) is 15.1 Å². The normalized spacial score (nSPS) is 11.1. The fraction of sp³-hybridized carbons (Fsp3) is 0.143. The minimum Gasteiger partial charge on any atom is -0.508 e. The molecule has 2 aromatic heterocycles. The van der Waals surface area contributed by atoms with Gasteiger partial charge < -0.3 is 16.2 Å². The minimum atomic E-state index is 0.239. The number of thiazole rings is 2. The number of phenolic OH excluding ortho intramolecular Hbond substituents is 1. The molecule has 4 N–H and O–H groups in total. The van der Waals surface area contributed by atoms with Crippen molar-refractivity contribution in [2.45, 2.75) is 19.8 Å². The van der Waals surface area contributed by atoms with Crippen LogP contribution in [0.15, 0.2) is 53.9 Å². The molecule has 0 aliphatic heterocycles. The molecule has 0 fully saturated rings. The number of nitrogens with zero attached hydrogens (tertiary/aromatic N) is 2. The van der Waals surface area contributed by atoms with Gasteiger partial charge in [-0.3, -0.25) is 0 Å². The van der Waals surface area contributed by atoms with Gasteiger partial charge in [0, 0.05) is 16.6 Å². The Hall–Kier alpha value is -2.90. The molecule has 0 aliphatic rings. The van der Waals surface area contributed by atoms with Gasteiger partial charge in [0.15, 0.2) is 5.13 Å². The molecule has 5 nitrogen and oxygen atoms in total. The highest BCUT2D eigenvalue weighted by atomic mass is 32.1. The van der Waals surface area contributed by atoms with Crippen LogP contribution in [0.1, 0.15) is 25.3 Å². The maximum atomic E-state index is 9.44. The second-order valence-electron chi connectivity index (χ2n) is 6.72. The number of phenols is 1. The Balaban J connectivity index is 1.55. The average molecular weight is 409 g/mol. The zero-order valence-electron chi connectivity index (χ0n) is 15.5. The van der Waals surface area contributed by atoms with Gasteiger partial charge >= 0.3 is 0 Å². The van der Waals surface area contributed by atoms with E-state index in [1.54, 1.807) is 12.1 Å². The summed E-state index contributed by atoms with van der Waals surface area (Å²) in [7, 11) is 0. The SMILES string of the molecule is CC(C)c1ccc(Nc2nc(N)c(-c3nc(-c4ccc(O)cc4)cs3)s2)cc1. The first kappa shape index (κ1) is 18.5. The van der Waals surface area contributed by atoms with Gasteiger partial charge in [0.2, 0.25) is 0 Å². The molecule has 0 bridgehead atoms. The predicted molar refractivity (Wildman–Crippen MR) is 119 cm³/mol. The topological polar surface area (TPSA) is 84.1 Å². The van der Waals surface area contributed by atoms with Gasteiger partial charge in [-0.15, -0.1) is 11.3 Å². The van der Waals surface area contributed by atoms with Crippen molar-refractivity contribution in [2.24, 2.45) is 0 Å². The van der Waals surface area contributed by atoms with Crippen molar-refractivity contribution in [2.75, 3.05) is 11.1 Å². The molecular weight excluding hydrogens is 388 g/mol. The van der Waals surface area contributed by atoms with E-state index in [4.69, 9.17) is 10.7 Å². The molecule has 0 spiro atoms. The first-order chi connectivity index (χ1) is 13.5. The first-order valence-corrected chi connectivity index (χ1v) is 10.6. The third kappa shape index (κ3) is 3.85. The van der Waals surface area contributed by atoms with E-state index in [0.717, 1.165) is 32.0 Å². The Morgan fingerprint density at radius 2 is 1.71 bits per heavy atom. The van der Waals surface area contributed by atoms with Crippen LogP contribution in [0.25, 0.3) is 21.1 Å². The summed E-state index contributed by atoms with van der Waals surface area (Å²) in [5.74, 6) is 1.21. The number of nitrogens with two attached hydrogens (primary N) is 1. The Labute approximate surface area is 171 Å². The minimum absolute atomic E-state index is 0.239. The summed E-state index contributed by atoms with van der Waals surface area (Å²) in [4.78, 5) is 10.0. The zero-order valence-corrected chi connectivity index (χ0v) is 17.1. The monoisotopic (exact) mass is 408 g/mol. The van der Waals surface area contributed by atoms with Gasteiger partial charge in [-0.05, 0) is 47.9 Å². The quantitative estimate of drug-likeness (QED) is 0.372. The second-order valence-corrected chi connectivity index (χ2v) is 8.58. The molecule has 0 aliphatic carbocycles. The molecule has 4 aromatic rings. The van der Waals surface area contributed by atoms with Crippen LogP contribution in [0.5, 0.6) is 5.75 Å². The summed E-state index contributed by atoms with van der Waals surface area (Å²) in [6.07, 6.45) is 0. The van der Waals surface area contributed by atoms with Gasteiger partial charge in [-0.1, -0.05) is 37.3 Å². The van der Waals surface area contributed by atoms with Crippen LogP contribution in [0.2, 0.25) is 0 Å². The lowest BCUT2D eigenvalue weighted by Gasteiger charge is -2.07. The highest BCUT2D eigenvalue weighted by molar-refractivity contribution is 7.23. The fourth-order valence-corrected chi connectivity index (χ4v) is 4.59. The molecule has 2 heterocycles. The van der Waals surface area contributed by atoms with Crippen molar-refractivity contribution in [3.63, 3.8) is 0 Å². The number of benzene rings is 2. The summed E-state index contributed by atoms with van der Waals surface area (Å²) in [5.41, 5.74) is 10.2. The summed E-state index contributed by atoms with van der Waals surface area (Å²) < 4.78 is 0. The lowest BCUT2D eigenvalue weighted by Crippen LogP contribution is -1.92. The Morgan fingerprint density at radius 3 is 2.39 bits per heavy atom. The summed E-state index contributed by atoms with van der Waals surface area (Å²) in [6, 6.07) is 15.4. The van der Waals surface area contributed by atoms with Gasteiger partial charge in [0.25, 0.3) is 0 Å². The molecule has 2 aromatic carbocycles. The van der Waals surface area contributed by atoms with E-state index in [2.05, 4.69) is 48.4 Å². The van der Waals surface area contributed by atoms with E-state index >= 15 is 0 Å². The lowest BCUT2D eigenvalue weighted by molar-refractivity contribution is 0.475. The smallest absolute Gasteiger partial charge is 0.189 e. The van der Waals surface area contributed by atoms with Crippen LogP contribution >= 0.6 is 22.7 Å². The highest BCUT2D eigenvalue weighted by Crippen LogP contribution is 2.39. The van der Waals surface area contributed by atoms with E-state index in [9.17, 15) is 5.11 Å². The number of hydrogen-bond donors (Lipinski definition) is 3.